The number of benzene rings is 4. The molecule has 0 fully saturated rings. The van der Waals surface area contributed by atoms with Gasteiger partial charge in [0.2, 0.25) is 0 Å². The highest BCUT2D eigenvalue weighted by Gasteiger charge is 2.26. The molecule has 4 aromatic carbocycles. The monoisotopic (exact) mass is 768 g/mol. The van der Waals surface area contributed by atoms with Crippen LogP contribution >= 0.6 is 0 Å². The number of hydrogen-bond acceptors (Lipinski definition) is 8. The molecule has 0 N–H and O–H groups in total. The van der Waals surface area contributed by atoms with E-state index in [0.717, 1.165) is 110 Å². The molecule has 13 aromatic rings. The highest BCUT2D eigenvalue weighted by Crippen LogP contribution is 2.42. The molecule has 278 valence electrons. The third-order valence-electron chi connectivity index (χ3n) is 11.8. The molecule has 0 radical (unpaired) electrons. The maximum absolute atomic E-state index is 5.39. The molecule has 0 spiro atoms. The van der Waals surface area contributed by atoms with Crippen molar-refractivity contribution in [3.05, 3.63) is 188 Å². The molecule has 0 aliphatic rings. The minimum atomic E-state index is 0.709. The average Bonchev–Trinajstić information content (AvgIpc) is 3.80. The van der Waals surface area contributed by atoms with Gasteiger partial charge in [-0.15, -0.1) is 0 Å². The summed E-state index contributed by atoms with van der Waals surface area (Å²) in [5.41, 5.74) is 14.3. The zero-order valence-corrected chi connectivity index (χ0v) is 31.6. The first-order valence-corrected chi connectivity index (χ1v) is 19.6. The van der Waals surface area contributed by atoms with E-state index in [1.165, 1.54) is 0 Å². The molecule has 0 saturated heterocycles. The van der Waals surface area contributed by atoms with E-state index in [9.17, 15) is 0 Å². The molecule has 10 heteroatoms. The van der Waals surface area contributed by atoms with Crippen LogP contribution in [-0.2, 0) is 0 Å². The van der Waals surface area contributed by atoms with Crippen LogP contribution in [0.3, 0.4) is 0 Å². The smallest absolute Gasteiger partial charge is 0.165 e. The number of hydrogen-bond donors (Lipinski definition) is 0. The predicted octanol–water partition coefficient (Wildman–Crippen LogP) is 9.57. The zero-order valence-electron chi connectivity index (χ0n) is 31.6. The molecule has 0 saturated carbocycles. The van der Waals surface area contributed by atoms with E-state index in [1.807, 2.05) is 55.2 Å². The predicted molar refractivity (Wildman–Crippen MR) is 236 cm³/mol. The van der Waals surface area contributed by atoms with Crippen molar-refractivity contribution in [2.75, 3.05) is 0 Å². The molecule has 10 nitrogen and oxygen atoms in total. The molecule has 0 unspecified atom stereocenters. The van der Waals surface area contributed by atoms with E-state index in [-0.39, 0.29) is 0 Å². The van der Waals surface area contributed by atoms with Crippen LogP contribution in [0, 0.1) is 0 Å². The highest BCUT2D eigenvalue weighted by molar-refractivity contribution is 6.25. The summed E-state index contributed by atoms with van der Waals surface area (Å²) >= 11 is 0. The van der Waals surface area contributed by atoms with E-state index in [2.05, 4.69) is 110 Å². The van der Waals surface area contributed by atoms with Gasteiger partial charge in [0.25, 0.3) is 0 Å². The summed E-state index contributed by atoms with van der Waals surface area (Å²) in [5, 5.41) is 6.07. The average molecular weight is 769 g/mol. The molecule has 0 bridgehead atoms. The second kappa shape index (κ2) is 12.5. The Bertz CT molecular complexity index is 3860. The Hall–Kier alpha value is -8.50. The molecular weight excluding hydrogens is 741 g/mol. The van der Waals surface area contributed by atoms with Gasteiger partial charge in [-0.05, 0) is 70.8 Å². The summed E-state index contributed by atoms with van der Waals surface area (Å²) in [4.78, 5) is 39.4. The minimum absolute atomic E-state index is 0.709. The summed E-state index contributed by atoms with van der Waals surface area (Å²) in [6.45, 7) is 0. The highest BCUT2D eigenvalue weighted by atomic mass is 15.1. The van der Waals surface area contributed by atoms with Crippen LogP contribution in [0.2, 0.25) is 0 Å². The van der Waals surface area contributed by atoms with Crippen molar-refractivity contribution in [2.24, 2.45) is 0 Å². The molecule has 0 amide bonds. The quantitative estimate of drug-likeness (QED) is 0.174. The second-order valence-electron chi connectivity index (χ2n) is 14.8. The van der Waals surface area contributed by atoms with E-state index >= 15 is 0 Å². The van der Waals surface area contributed by atoms with Gasteiger partial charge in [-0.25, -0.2) is 15.0 Å². The largest absolute Gasteiger partial charge is 0.276 e. The number of aromatic nitrogens is 10. The van der Waals surface area contributed by atoms with Crippen LogP contribution in [-0.4, -0.2) is 48.7 Å². The van der Waals surface area contributed by atoms with Crippen molar-refractivity contribution in [2.45, 2.75) is 0 Å². The third kappa shape index (κ3) is 4.52. The van der Waals surface area contributed by atoms with E-state index in [0.29, 0.717) is 11.3 Å². The third-order valence-corrected chi connectivity index (χ3v) is 11.8. The SMILES string of the molecule is c1ccc2c(C(c3ccnc4ccccc34)=c3n4c5ncc(-c6ccncc6)nc5c5cccc(c6ccc(-c7ccncc7)c7c8nccnc8n3c67)c54)ccnc2c1. The lowest BCUT2D eigenvalue weighted by atomic mass is 9.93. The number of para-hydroxylation sites is 3. The van der Waals surface area contributed by atoms with Crippen molar-refractivity contribution < 1.29 is 0 Å². The molecule has 0 atom stereocenters. The fourth-order valence-electron chi connectivity index (χ4n) is 9.27. The van der Waals surface area contributed by atoms with Crippen LogP contribution < -0.4 is 5.48 Å². The number of fused-ring (bicyclic) bond motifs is 9. The summed E-state index contributed by atoms with van der Waals surface area (Å²) in [6.07, 6.45) is 16.5. The molecule has 60 heavy (non-hydrogen) atoms. The fraction of sp³-hybridized carbons (Fsp3) is 0. The Labute approximate surface area is 339 Å². The molecular formula is C50H28N10. The second-order valence-corrected chi connectivity index (χ2v) is 14.8. The lowest BCUT2D eigenvalue weighted by molar-refractivity contribution is 0.998. The van der Waals surface area contributed by atoms with E-state index < -0.39 is 0 Å². The lowest BCUT2D eigenvalue weighted by Gasteiger charge is -2.15. The molecule has 9 aromatic heterocycles. The van der Waals surface area contributed by atoms with Gasteiger partial charge in [0.1, 0.15) is 16.5 Å². The first-order valence-electron chi connectivity index (χ1n) is 19.6. The van der Waals surface area contributed by atoms with Gasteiger partial charge in [-0.2, -0.15) is 0 Å². The Kier molecular flexibility index (Phi) is 6.78. The molecule has 0 aliphatic heterocycles. The summed E-state index contributed by atoms with van der Waals surface area (Å²) in [7, 11) is 0. The van der Waals surface area contributed by atoms with Gasteiger partial charge in [-0.3, -0.25) is 33.7 Å². The van der Waals surface area contributed by atoms with E-state index in [4.69, 9.17) is 29.9 Å². The first-order chi connectivity index (χ1) is 29.8. The van der Waals surface area contributed by atoms with Crippen LogP contribution in [0.1, 0.15) is 11.1 Å². The number of pyridine rings is 4. The Morgan fingerprint density at radius 2 is 1.02 bits per heavy atom. The van der Waals surface area contributed by atoms with Crippen molar-refractivity contribution >= 4 is 82.3 Å². The van der Waals surface area contributed by atoms with Gasteiger partial charge < -0.3 is 0 Å². The van der Waals surface area contributed by atoms with Crippen molar-refractivity contribution in [1.29, 1.82) is 0 Å². The van der Waals surface area contributed by atoms with Gasteiger partial charge in [0.15, 0.2) is 11.3 Å². The summed E-state index contributed by atoms with van der Waals surface area (Å²) in [6, 6.07) is 39.8. The van der Waals surface area contributed by atoms with Crippen molar-refractivity contribution in [1.82, 2.24) is 48.7 Å². The van der Waals surface area contributed by atoms with Gasteiger partial charge in [0.05, 0.1) is 34.0 Å². The topological polar surface area (TPSA) is 112 Å². The van der Waals surface area contributed by atoms with Crippen LogP contribution in [0.15, 0.2) is 171 Å². The van der Waals surface area contributed by atoms with Crippen LogP contribution in [0.5, 0.6) is 0 Å². The normalized spacial score (nSPS) is 12.0. The summed E-state index contributed by atoms with van der Waals surface area (Å²) in [5.74, 6) is 0. The Morgan fingerprint density at radius 1 is 0.417 bits per heavy atom. The number of nitrogens with zero attached hydrogens (tertiary/aromatic N) is 10. The zero-order chi connectivity index (χ0) is 39.3. The molecule has 9 heterocycles. The maximum Gasteiger partial charge on any atom is 0.165 e. The maximum atomic E-state index is 5.39. The van der Waals surface area contributed by atoms with Gasteiger partial charge in [-0.1, -0.05) is 66.7 Å². The minimum Gasteiger partial charge on any atom is -0.276 e. The fourth-order valence-corrected chi connectivity index (χ4v) is 9.27. The van der Waals surface area contributed by atoms with Gasteiger partial charge >= 0.3 is 0 Å². The Morgan fingerprint density at radius 3 is 1.75 bits per heavy atom. The van der Waals surface area contributed by atoms with Crippen molar-refractivity contribution in [3.8, 4) is 22.4 Å². The molecule has 13 rings (SSSR count). The summed E-state index contributed by atoms with van der Waals surface area (Å²) < 4.78 is 4.62. The van der Waals surface area contributed by atoms with Crippen molar-refractivity contribution in [3.63, 3.8) is 0 Å². The van der Waals surface area contributed by atoms with E-state index in [1.54, 1.807) is 24.8 Å². The number of rotatable bonds is 4. The lowest BCUT2D eigenvalue weighted by Crippen LogP contribution is -2.25. The Balaban J connectivity index is 1.41. The molecule has 0 aliphatic carbocycles. The van der Waals surface area contributed by atoms with Crippen LogP contribution in [0.25, 0.3) is 105 Å². The van der Waals surface area contributed by atoms with Crippen LogP contribution in [0.4, 0.5) is 0 Å². The van der Waals surface area contributed by atoms with Gasteiger partial charge in [0, 0.05) is 93.0 Å². The first kappa shape index (κ1) is 32.6. The standard InChI is InChI=1S/C50H28N10/c1-3-10-39-32(6-1)34(18-24-53-39)42(35-19-25-54-40-11-4-2-7-33(35)40)50-59-46-36(8-5-9-38(46)44-48(59)57-28-41(58-44)30-16-22-52-23-17-30)37-13-12-31(29-14-20-51-21-15-29)43-45-49(56-27-26-55-45)60(50)47(37)43/h1-28H.